The van der Waals surface area contributed by atoms with E-state index in [1.807, 2.05) is 25.1 Å². The molecule has 76 valence electrons. The lowest BCUT2D eigenvalue weighted by Gasteiger charge is -2.07. The van der Waals surface area contributed by atoms with E-state index in [9.17, 15) is 9.90 Å². The molecule has 0 radical (unpaired) electrons. The third kappa shape index (κ3) is 1.48. The van der Waals surface area contributed by atoms with Gasteiger partial charge in [0.1, 0.15) is 5.75 Å². The van der Waals surface area contributed by atoms with Crippen LogP contribution in [0.3, 0.4) is 0 Å². The van der Waals surface area contributed by atoms with Crippen LogP contribution in [0.5, 0.6) is 5.75 Å². The minimum Gasteiger partial charge on any atom is -0.507 e. The second kappa shape index (κ2) is 3.73. The van der Waals surface area contributed by atoms with E-state index in [-0.39, 0.29) is 5.75 Å². The van der Waals surface area contributed by atoms with Gasteiger partial charge in [-0.1, -0.05) is 25.1 Å². The number of hydrogen-bond donors (Lipinski definition) is 1. The summed E-state index contributed by atoms with van der Waals surface area (Å²) in [4.78, 5) is 10.8. The van der Waals surface area contributed by atoms with Crippen molar-refractivity contribution in [1.82, 2.24) is 0 Å². The lowest BCUT2D eigenvalue weighted by molar-refractivity contribution is 0.112. The predicted octanol–water partition coefficient (Wildman–Crippen LogP) is 2.92. The largest absolute Gasteiger partial charge is 0.507 e. The lowest BCUT2D eigenvalue weighted by Crippen LogP contribution is -1.88. The van der Waals surface area contributed by atoms with E-state index in [4.69, 9.17) is 0 Å². The van der Waals surface area contributed by atoms with Crippen LogP contribution in [-0.4, -0.2) is 11.4 Å². The maximum atomic E-state index is 10.8. The predicted molar refractivity (Wildman–Crippen MR) is 60.4 cm³/mol. The lowest BCUT2D eigenvalue weighted by atomic mass is 9.98. The second-order valence-corrected chi connectivity index (χ2v) is 3.49. The molecular formula is C13H12O2. The van der Waals surface area contributed by atoms with Gasteiger partial charge in [-0.05, 0) is 29.5 Å². The number of aryl methyl sites for hydroxylation is 1. The van der Waals surface area contributed by atoms with Gasteiger partial charge in [0.2, 0.25) is 0 Å². The zero-order valence-corrected chi connectivity index (χ0v) is 8.53. The molecular weight excluding hydrogens is 188 g/mol. The molecule has 0 atom stereocenters. The number of hydrogen-bond acceptors (Lipinski definition) is 2. The topological polar surface area (TPSA) is 37.3 Å². The Balaban J connectivity index is 2.92. The number of carbonyl (C=O) groups is 1. The Morgan fingerprint density at radius 3 is 2.73 bits per heavy atom. The van der Waals surface area contributed by atoms with Crippen LogP contribution in [0.1, 0.15) is 22.8 Å². The Hall–Kier alpha value is -1.83. The highest BCUT2D eigenvalue weighted by Gasteiger charge is 2.07. The Bertz CT molecular complexity index is 515. The molecule has 0 amide bonds. The summed E-state index contributed by atoms with van der Waals surface area (Å²) in [6, 6.07) is 8.96. The molecule has 2 aromatic carbocycles. The van der Waals surface area contributed by atoms with Gasteiger partial charge >= 0.3 is 0 Å². The maximum absolute atomic E-state index is 10.8. The summed E-state index contributed by atoms with van der Waals surface area (Å²) in [6.07, 6.45) is 1.66. The number of aldehydes is 1. The van der Waals surface area contributed by atoms with Crippen molar-refractivity contribution in [2.75, 3.05) is 0 Å². The molecule has 0 aliphatic carbocycles. The van der Waals surface area contributed by atoms with Gasteiger partial charge in [0.25, 0.3) is 0 Å². The zero-order chi connectivity index (χ0) is 10.8. The third-order valence-corrected chi connectivity index (χ3v) is 2.65. The van der Waals surface area contributed by atoms with Gasteiger partial charge in [-0.15, -0.1) is 0 Å². The van der Waals surface area contributed by atoms with Crippen molar-refractivity contribution >= 4 is 17.1 Å². The number of rotatable bonds is 2. The molecule has 0 aliphatic rings. The van der Waals surface area contributed by atoms with Gasteiger partial charge in [0.05, 0.1) is 0 Å². The van der Waals surface area contributed by atoms with E-state index < -0.39 is 0 Å². The molecule has 0 heterocycles. The minimum atomic E-state index is 0.244. The smallest absolute Gasteiger partial charge is 0.150 e. The summed E-state index contributed by atoms with van der Waals surface area (Å²) < 4.78 is 0. The van der Waals surface area contributed by atoms with Gasteiger partial charge in [0.15, 0.2) is 6.29 Å². The Labute approximate surface area is 88.2 Å². The monoisotopic (exact) mass is 200 g/mol. The number of carbonyl (C=O) groups excluding carboxylic acids is 1. The van der Waals surface area contributed by atoms with Gasteiger partial charge in [-0.2, -0.15) is 0 Å². The molecule has 2 rings (SSSR count). The maximum Gasteiger partial charge on any atom is 0.150 e. The summed E-state index contributed by atoms with van der Waals surface area (Å²) in [5.41, 5.74) is 1.69. The molecule has 0 saturated heterocycles. The summed E-state index contributed by atoms with van der Waals surface area (Å²) in [5.74, 6) is 0.244. The first-order valence-electron chi connectivity index (χ1n) is 4.96. The van der Waals surface area contributed by atoms with Crippen molar-refractivity contribution in [2.45, 2.75) is 13.3 Å². The molecule has 2 aromatic rings. The molecule has 0 saturated carbocycles. The number of phenolic OH excluding ortho intramolecular Hbond substituents is 1. The summed E-state index contributed by atoms with van der Waals surface area (Å²) in [6.45, 7) is 2.03. The van der Waals surface area contributed by atoms with E-state index in [1.54, 1.807) is 12.1 Å². The fourth-order valence-corrected chi connectivity index (χ4v) is 1.88. The molecule has 15 heavy (non-hydrogen) atoms. The van der Waals surface area contributed by atoms with E-state index in [1.165, 1.54) is 0 Å². The highest BCUT2D eigenvalue weighted by atomic mass is 16.3. The van der Waals surface area contributed by atoms with Gasteiger partial charge < -0.3 is 5.11 Å². The first-order chi connectivity index (χ1) is 7.27. The molecule has 2 heteroatoms. The van der Waals surface area contributed by atoms with Crippen LogP contribution in [0.15, 0.2) is 30.3 Å². The SMILES string of the molecule is CCc1cccc2c(C=O)ccc(O)c12. The van der Waals surface area contributed by atoms with E-state index in [0.717, 1.165) is 29.0 Å². The molecule has 0 bridgehead atoms. The van der Waals surface area contributed by atoms with Gasteiger partial charge in [-0.3, -0.25) is 4.79 Å². The van der Waals surface area contributed by atoms with Crippen LogP contribution < -0.4 is 0 Å². The molecule has 0 aromatic heterocycles. The molecule has 1 N–H and O–H groups in total. The second-order valence-electron chi connectivity index (χ2n) is 3.49. The number of fused-ring (bicyclic) bond motifs is 1. The minimum absolute atomic E-state index is 0.244. The average Bonchev–Trinajstić information content (AvgIpc) is 2.29. The van der Waals surface area contributed by atoms with Gasteiger partial charge in [0, 0.05) is 10.9 Å². The number of aromatic hydroxyl groups is 1. The third-order valence-electron chi connectivity index (χ3n) is 2.65. The average molecular weight is 200 g/mol. The van der Waals surface area contributed by atoms with Crippen LogP contribution >= 0.6 is 0 Å². The first kappa shape index (κ1) is 9.71. The van der Waals surface area contributed by atoms with E-state index in [0.29, 0.717) is 5.56 Å². The Morgan fingerprint density at radius 2 is 2.07 bits per heavy atom. The highest BCUT2D eigenvalue weighted by molar-refractivity contribution is 6.02. The van der Waals surface area contributed by atoms with Crippen molar-refractivity contribution in [3.8, 4) is 5.75 Å². The van der Waals surface area contributed by atoms with Crippen LogP contribution in [0.4, 0.5) is 0 Å². The molecule has 0 unspecified atom stereocenters. The van der Waals surface area contributed by atoms with Crippen LogP contribution in [0, 0.1) is 0 Å². The first-order valence-corrected chi connectivity index (χ1v) is 4.96. The van der Waals surface area contributed by atoms with Crippen LogP contribution in [0.25, 0.3) is 10.8 Å². The molecule has 0 aliphatic heterocycles. The summed E-state index contributed by atoms with van der Waals surface area (Å²) in [5, 5.41) is 11.4. The standard InChI is InChI=1S/C13H12O2/c1-2-9-4-3-5-11-10(8-14)6-7-12(15)13(9)11/h3-8,15H,2H2,1H3. The molecule has 0 fully saturated rings. The Morgan fingerprint density at radius 1 is 1.27 bits per heavy atom. The fourth-order valence-electron chi connectivity index (χ4n) is 1.88. The highest BCUT2D eigenvalue weighted by Crippen LogP contribution is 2.30. The quantitative estimate of drug-likeness (QED) is 0.757. The fraction of sp³-hybridized carbons (Fsp3) is 0.154. The molecule has 2 nitrogen and oxygen atoms in total. The normalized spacial score (nSPS) is 10.5. The van der Waals surface area contributed by atoms with E-state index in [2.05, 4.69) is 0 Å². The Kier molecular flexibility index (Phi) is 2.42. The summed E-state index contributed by atoms with van der Waals surface area (Å²) >= 11 is 0. The van der Waals surface area contributed by atoms with Crippen molar-refractivity contribution in [1.29, 1.82) is 0 Å². The van der Waals surface area contributed by atoms with Gasteiger partial charge in [-0.25, -0.2) is 0 Å². The van der Waals surface area contributed by atoms with E-state index >= 15 is 0 Å². The number of benzene rings is 2. The van der Waals surface area contributed by atoms with Crippen molar-refractivity contribution in [3.63, 3.8) is 0 Å². The number of phenols is 1. The molecule has 0 spiro atoms. The van der Waals surface area contributed by atoms with Crippen LogP contribution in [-0.2, 0) is 6.42 Å². The van der Waals surface area contributed by atoms with Crippen molar-refractivity contribution in [2.24, 2.45) is 0 Å². The van der Waals surface area contributed by atoms with Crippen molar-refractivity contribution < 1.29 is 9.90 Å². The summed E-state index contributed by atoms with van der Waals surface area (Å²) in [7, 11) is 0. The van der Waals surface area contributed by atoms with Crippen LogP contribution in [0.2, 0.25) is 0 Å². The zero-order valence-electron chi connectivity index (χ0n) is 8.53. The van der Waals surface area contributed by atoms with Crippen molar-refractivity contribution in [3.05, 3.63) is 41.5 Å².